The van der Waals surface area contributed by atoms with Gasteiger partial charge >= 0.3 is 0 Å². The Balaban J connectivity index is 1.40. The van der Waals surface area contributed by atoms with Crippen LogP contribution in [0.5, 0.6) is 57.5 Å². The van der Waals surface area contributed by atoms with Crippen LogP contribution >= 0.6 is 0 Å². The van der Waals surface area contributed by atoms with Gasteiger partial charge in [0, 0.05) is 41.9 Å². The number of rotatable bonds is 4. The molecule has 0 aromatic heterocycles. The molecule has 5 aliphatic rings. The Kier molecular flexibility index (Phi) is 8.08. The van der Waals surface area contributed by atoms with Gasteiger partial charge in [0.1, 0.15) is 5.75 Å². The maximum atomic E-state index is 7.24. The molecule has 256 valence electrons. The van der Waals surface area contributed by atoms with Crippen LogP contribution in [0.4, 0.5) is 0 Å². The summed E-state index contributed by atoms with van der Waals surface area (Å²) in [7, 11) is 11.0. The first-order valence-corrected chi connectivity index (χ1v) is 16.7. The van der Waals surface area contributed by atoms with E-state index in [1.54, 1.807) is 28.4 Å². The molecule has 0 spiro atoms. The first-order chi connectivity index (χ1) is 23.9. The highest BCUT2D eigenvalue weighted by Crippen LogP contribution is 2.59. The van der Waals surface area contributed by atoms with Gasteiger partial charge in [-0.15, -0.1) is 0 Å². The third-order valence-corrected chi connectivity index (χ3v) is 10.5. The van der Waals surface area contributed by atoms with E-state index in [0.717, 1.165) is 77.9 Å². The molecule has 0 radical (unpaired) electrons. The van der Waals surface area contributed by atoms with Gasteiger partial charge in [-0.05, 0) is 86.8 Å². The van der Waals surface area contributed by atoms with Crippen LogP contribution in [0.2, 0.25) is 0 Å². The summed E-state index contributed by atoms with van der Waals surface area (Å²) in [6.45, 7) is 1.76. The van der Waals surface area contributed by atoms with Crippen molar-refractivity contribution in [2.45, 2.75) is 37.8 Å². The van der Waals surface area contributed by atoms with Crippen molar-refractivity contribution in [3.8, 4) is 57.5 Å². The number of ether oxygens (including phenoxy) is 8. The molecule has 2 unspecified atom stereocenters. The van der Waals surface area contributed by atoms with Crippen LogP contribution in [-0.2, 0) is 25.7 Å². The minimum Gasteiger partial charge on any atom is -0.493 e. The molecular formula is C39H42N2O8. The van der Waals surface area contributed by atoms with Gasteiger partial charge in [0.25, 0.3) is 0 Å². The van der Waals surface area contributed by atoms with Crippen LogP contribution in [0, 0.1) is 0 Å². The van der Waals surface area contributed by atoms with E-state index >= 15 is 0 Å². The third kappa shape index (κ3) is 5.25. The fraction of sp³-hybridized carbons (Fsp3) is 0.385. The number of hydrogen-bond acceptors (Lipinski definition) is 10. The summed E-state index contributed by atoms with van der Waals surface area (Å²) in [5.74, 6) is 6.35. The van der Waals surface area contributed by atoms with Gasteiger partial charge in [-0.3, -0.25) is 9.80 Å². The van der Waals surface area contributed by atoms with Gasteiger partial charge < -0.3 is 37.9 Å². The number of methoxy groups -OCH3 is 4. The van der Waals surface area contributed by atoms with E-state index in [1.807, 2.05) is 18.2 Å². The summed E-state index contributed by atoms with van der Waals surface area (Å²) < 4.78 is 49.8. The molecule has 4 aromatic carbocycles. The molecule has 4 aromatic rings. The normalized spacial score (nSPS) is 19.6. The Hall–Kier alpha value is -4.80. The molecule has 2 atom stereocenters. The molecule has 0 N–H and O–H groups in total. The number of nitrogens with zero attached hydrogens (tertiary/aromatic N) is 2. The monoisotopic (exact) mass is 666 g/mol. The fourth-order valence-corrected chi connectivity index (χ4v) is 7.90. The number of hydrogen-bond donors (Lipinski definition) is 0. The van der Waals surface area contributed by atoms with E-state index in [-0.39, 0.29) is 18.9 Å². The van der Waals surface area contributed by atoms with E-state index in [1.165, 1.54) is 0 Å². The maximum absolute atomic E-state index is 7.24. The van der Waals surface area contributed by atoms with Crippen molar-refractivity contribution in [1.29, 1.82) is 0 Å². The predicted molar refractivity (Wildman–Crippen MR) is 184 cm³/mol. The molecule has 0 aliphatic carbocycles. The summed E-state index contributed by atoms with van der Waals surface area (Å²) in [5.41, 5.74) is 6.58. The van der Waals surface area contributed by atoms with Crippen molar-refractivity contribution < 1.29 is 37.9 Å². The average molecular weight is 667 g/mol. The molecule has 9 rings (SSSR count). The average Bonchev–Trinajstić information content (AvgIpc) is 3.60. The summed E-state index contributed by atoms with van der Waals surface area (Å²) in [6.07, 6.45) is 2.99. The zero-order chi connectivity index (χ0) is 33.8. The topological polar surface area (TPSA) is 80.3 Å². The zero-order valence-corrected chi connectivity index (χ0v) is 28.9. The van der Waals surface area contributed by atoms with Crippen molar-refractivity contribution in [1.82, 2.24) is 9.80 Å². The van der Waals surface area contributed by atoms with Gasteiger partial charge in [0.2, 0.25) is 24.0 Å². The molecule has 0 saturated carbocycles. The van der Waals surface area contributed by atoms with E-state index in [4.69, 9.17) is 37.9 Å². The van der Waals surface area contributed by atoms with E-state index in [0.29, 0.717) is 51.7 Å². The second kappa shape index (κ2) is 12.6. The predicted octanol–water partition coefficient (Wildman–Crippen LogP) is 6.89. The van der Waals surface area contributed by atoms with Gasteiger partial charge in [0.15, 0.2) is 34.5 Å². The van der Waals surface area contributed by atoms with Gasteiger partial charge in [-0.1, -0.05) is 18.2 Å². The van der Waals surface area contributed by atoms with E-state index < -0.39 is 0 Å². The smallest absolute Gasteiger partial charge is 0.231 e. The maximum Gasteiger partial charge on any atom is 0.231 e. The highest BCUT2D eigenvalue weighted by Gasteiger charge is 2.40. The molecule has 10 nitrogen and oxygen atoms in total. The first-order valence-electron chi connectivity index (χ1n) is 16.7. The Morgan fingerprint density at radius 1 is 0.612 bits per heavy atom. The molecule has 5 heterocycles. The lowest BCUT2D eigenvalue weighted by Gasteiger charge is -2.38. The quantitative estimate of drug-likeness (QED) is 0.230. The highest BCUT2D eigenvalue weighted by molar-refractivity contribution is 5.72. The number of fused-ring (bicyclic) bond motifs is 3. The minimum atomic E-state index is -0.0455. The van der Waals surface area contributed by atoms with Gasteiger partial charge in [-0.2, -0.15) is 0 Å². The number of likely N-dealkylation sites (N-methyl/N-ethyl adjacent to an activating group) is 2. The standard InChI is InChI=1S/C39H42N2O8/c1-40-15-13-25-27-20-32(43-4)36(45-6)35(25)49-37-33-26(34(44-5)38-39(37)47-21-46-38)14-16-41(2)29(33)17-22-7-10-24(11-8-22)48-31-19-23(18-28(27)40)9-12-30(31)42-3/h7-12,19-20,28-29H,13-18,21H2,1-6H3. The van der Waals surface area contributed by atoms with Crippen molar-refractivity contribution in [3.63, 3.8) is 0 Å². The van der Waals surface area contributed by atoms with Gasteiger partial charge in [-0.25, -0.2) is 0 Å². The SMILES string of the molecule is COc1ccc2cc1Oc1ccc(cc1)CC1c3c(c(OC)c4c(c3Oc3c5c(cc(OC)c3OC)C(C2)N(C)CC5)OCO4)CCN1C. The van der Waals surface area contributed by atoms with Crippen molar-refractivity contribution in [2.24, 2.45) is 0 Å². The highest BCUT2D eigenvalue weighted by atomic mass is 16.7. The van der Waals surface area contributed by atoms with Crippen LogP contribution in [0.15, 0.2) is 48.5 Å². The van der Waals surface area contributed by atoms with Crippen molar-refractivity contribution in [2.75, 3.05) is 62.4 Å². The zero-order valence-electron chi connectivity index (χ0n) is 28.9. The molecule has 0 amide bonds. The summed E-state index contributed by atoms with van der Waals surface area (Å²) in [6, 6.07) is 16.5. The van der Waals surface area contributed by atoms with Crippen molar-refractivity contribution >= 4 is 0 Å². The van der Waals surface area contributed by atoms with Crippen LogP contribution in [-0.4, -0.2) is 72.2 Å². The second-order valence-electron chi connectivity index (χ2n) is 13.1. The second-order valence-corrected chi connectivity index (χ2v) is 13.1. The van der Waals surface area contributed by atoms with Crippen molar-refractivity contribution in [3.05, 3.63) is 81.9 Å². The Morgan fingerprint density at radius 2 is 1.29 bits per heavy atom. The first kappa shape index (κ1) is 31.5. The largest absolute Gasteiger partial charge is 0.493 e. The summed E-state index contributed by atoms with van der Waals surface area (Å²) in [4.78, 5) is 4.76. The molecule has 5 aliphatic heterocycles. The Labute approximate surface area is 286 Å². The van der Waals surface area contributed by atoms with Crippen LogP contribution in [0.3, 0.4) is 0 Å². The van der Waals surface area contributed by atoms with Crippen LogP contribution < -0.4 is 37.9 Å². The van der Waals surface area contributed by atoms with E-state index in [9.17, 15) is 0 Å². The van der Waals surface area contributed by atoms with Gasteiger partial charge in [0.05, 0.1) is 28.4 Å². The lowest BCUT2D eigenvalue weighted by Crippen LogP contribution is -2.34. The Morgan fingerprint density at radius 3 is 2.02 bits per heavy atom. The number of benzene rings is 4. The van der Waals surface area contributed by atoms with Crippen LogP contribution in [0.25, 0.3) is 0 Å². The lowest BCUT2D eigenvalue weighted by atomic mass is 9.86. The molecule has 0 saturated heterocycles. The molecule has 49 heavy (non-hydrogen) atoms. The summed E-state index contributed by atoms with van der Waals surface area (Å²) >= 11 is 0. The Bertz CT molecular complexity index is 1910. The molecule has 8 bridgehead atoms. The molecule has 0 fully saturated rings. The molecule has 10 heteroatoms. The molecular weight excluding hydrogens is 624 g/mol. The fourth-order valence-electron chi connectivity index (χ4n) is 7.90. The lowest BCUT2D eigenvalue weighted by molar-refractivity contribution is 0.169. The van der Waals surface area contributed by atoms with E-state index in [2.05, 4.69) is 54.2 Å². The van der Waals surface area contributed by atoms with Crippen LogP contribution in [0.1, 0.15) is 45.5 Å². The third-order valence-electron chi connectivity index (χ3n) is 10.5. The summed E-state index contributed by atoms with van der Waals surface area (Å²) in [5, 5.41) is 0. The minimum absolute atomic E-state index is 0.0271.